The maximum Gasteiger partial charge on any atom is 0.286 e. The molecule has 1 aromatic heterocycles. The second-order valence-corrected chi connectivity index (χ2v) is 10.3. The summed E-state index contributed by atoms with van der Waals surface area (Å²) in [5, 5.41) is 12.1. The minimum Gasteiger partial charge on any atom is -0.320 e. The molecule has 0 saturated carbocycles. The summed E-state index contributed by atoms with van der Waals surface area (Å²) in [6.45, 7) is 2.32. The highest BCUT2D eigenvalue weighted by Gasteiger charge is 2.38. The molecule has 0 aliphatic carbocycles. The second kappa shape index (κ2) is 8.43. The maximum atomic E-state index is 13.1. The van der Waals surface area contributed by atoms with Crippen LogP contribution in [0.5, 0.6) is 0 Å². The number of aromatic nitrogens is 2. The van der Waals surface area contributed by atoms with E-state index in [4.69, 9.17) is 11.6 Å². The third kappa shape index (κ3) is 4.24. The van der Waals surface area contributed by atoms with Crippen molar-refractivity contribution >= 4 is 44.6 Å². The van der Waals surface area contributed by atoms with Gasteiger partial charge in [0.05, 0.1) is 10.9 Å². The molecule has 1 N–H and O–H groups in total. The highest BCUT2D eigenvalue weighted by Crippen LogP contribution is 2.37. The molecule has 1 atom stereocenters. The molecule has 1 unspecified atom stereocenters. The lowest BCUT2D eigenvalue weighted by Crippen LogP contribution is -2.30. The predicted molar refractivity (Wildman–Crippen MR) is 116 cm³/mol. The number of hydrogen-bond donors (Lipinski definition) is 1. The fourth-order valence-corrected chi connectivity index (χ4v) is 6.04. The van der Waals surface area contributed by atoms with E-state index in [0.29, 0.717) is 28.7 Å². The molecule has 1 amide bonds. The van der Waals surface area contributed by atoms with E-state index in [9.17, 15) is 13.2 Å². The van der Waals surface area contributed by atoms with Gasteiger partial charge < -0.3 is 5.32 Å². The third-order valence-corrected chi connectivity index (χ3v) is 8.05. The Morgan fingerprint density at radius 1 is 1.13 bits per heavy atom. The van der Waals surface area contributed by atoms with Crippen LogP contribution < -0.4 is 5.32 Å². The van der Waals surface area contributed by atoms with Crippen LogP contribution in [0.4, 0.5) is 5.69 Å². The first-order chi connectivity index (χ1) is 14.3. The molecular formula is C20H19ClN4O3S2. The van der Waals surface area contributed by atoms with Crippen molar-refractivity contribution in [2.75, 3.05) is 11.9 Å². The van der Waals surface area contributed by atoms with Crippen molar-refractivity contribution in [3.8, 4) is 0 Å². The molecule has 10 heteroatoms. The van der Waals surface area contributed by atoms with Crippen LogP contribution in [-0.4, -0.2) is 35.4 Å². The minimum absolute atomic E-state index is 0.180. The molecule has 1 fully saturated rings. The summed E-state index contributed by atoms with van der Waals surface area (Å²) in [5.41, 5.74) is 1.58. The van der Waals surface area contributed by atoms with Crippen molar-refractivity contribution in [2.45, 2.75) is 30.7 Å². The molecule has 30 heavy (non-hydrogen) atoms. The van der Waals surface area contributed by atoms with E-state index >= 15 is 0 Å². The van der Waals surface area contributed by atoms with E-state index in [1.54, 1.807) is 48.5 Å². The first-order valence-corrected chi connectivity index (χ1v) is 12.0. The summed E-state index contributed by atoms with van der Waals surface area (Å²) in [6.07, 6.45) is 1.36. The van der Waals surface area contributed by atoms with Crippen LogP contribution in [0.1, 0.15) is 39.3 Å². The summed E-state index contributed by atoms with van der Waals surface area (Å²) in [6, 6.07) is 13.1. The van der Waals surface area contributed by atoms with Crippen molar-refractivity contribution in [1.29, 1.82) is 0 Å². The number of rotatable bonds is 5. The van der Waals surface area contributed by atoms with Crippen LogP contribution in [0, 0.1) is 6.92 Å². The van der Waals surface area contributed by atoms with Crippen LogP contribution >= 0.6 is 22.9 Å². The fourth-order valence-electron chi connectivity index (χ4n) is 3.30. The Hall–Kier alpha value is -2.33. The van der Waals surface area contributed by atoms with Gasteiger partial charge in [0.15, 0.2) is 0 Å². The summed E-state index contributed by atoms with van der Waals surface area (Å²) >= 11 is 6.97. The lowest BCUT2D eigenvalue weighted by atomic mass is 10.2. The van der Waals surface area contributed by atoms with Gasteiger partial charge in [-0.25, -0.2) is 8.42 Å². The average molecular weight is 463 g/mol. The molecule has 7 nitrogen and oxygen atoms in total. The van der Waals surface area contributed by atoms with Crippen LogP contribution in [0.15, 0.2) is 53.4 Å². The lowest BCUT2D eigenvalue weighted by Gasteiger charge is -2.22. The van der Waals surface area contributed by atoms with Gasteiger partial charge in [-0.15, -0.1) is 10.2 Å². The number of hydrogen-bond acceptors (Lipinski definition) is 6. The van der Waals surface area contributed by atoms with Crippen molar-refractivity contribution in [2.24, 2.45) is 0 Å². The number of aryl methyl sites for hydroxylation is 1. The number of carbonyl (C=O) groups is 1. The van der Waals surface area contributed by atoms with E-state index < -0.39 is 22.0 Å². The molecule has 4 rings (SSSR count). The zero-order valence-corrected chi connectivity index (χ0v) is 18.5. The molecule has 0 radical (unpaired) electrons. The Kier molecular flexibility index (Phi) is 5.88. The van der Waals surface area contributed by atoms with Gasteiger partial charge in [0.2, 0.25) is 15.0 Å². The second-order valence-electron chi connectivity index (χ2n) is 6.99. The van der Waals surface area contributed by atoms with Crippen molar-refractivity contribution < 1.29 is 13.2 Å². The standard InChI is InChI=1S/C20H19ClN4O3S2/c1-13-4-10-16(11-5-13)30(27,28)25-12-2-3-17(25)19-23-24-20(29-19)18(26)22-15-8-6-14(21)7-9-15/h4-11,17H,2-3,12H2,1H3,(H,22,26). The van der Waals surface area contributed by atoms with E-state index in [1.165, 1.54) is 4.31 Å². The number of nitrogens with zero attached hydrogens (tertiary/aromatic N) is 3. The Balaban J connectivity index is 1.54. The molecule has 1 saturated heterocycles. The minimum atomic E-state index is -3.66. The zero-order valence-electron chi connectivity index (χ0n) is 16.1. The highest BCUT2D eigenvalue weighted by atomic mass is 35.5. The van der Waals surface area contributed by atoms with Crippen LogP contribution in [0.2, 0.25) is 5.02 Å². The van der Waals surface area contributed by atoms with Crippen molar-refractivity contribution in [3.63, 3.8) is 0 Å². The number of benzene rings is 2. The number of anilines is 1. The summed E-state index contributed by atoms with van der Waals surface area (Å²) in [5.74, 6) is -0.396. The maximum absolute atomic E-state index is 13.1. The van der Waals surface area contributed by atoms with Crippen LogP contribution in [0.3, 0.4) is 0 Å². The SMILES string of the molecule is Cc1ccc(S(=O)(=O)N2CCCC2c2nnc(C(=O)Nc3ccc(Cl)cc3)s2)cc1. The Morgan fingerprint density at radius 3 is 2.53 bits per heavy atom. The highest BCUT2D eigenvalue weighted by molar-refractivity contribution is 7.89. The van der Waals surface area contributed by atoms with Crippen molar-refractivity contribution in [1.82, 2.24) is 14.5 Å². The average Bonchev–Trinajstić information content (AvgIpc) is 3.40. The summed E-state index contributed by atoms with van der Waals surface area (Å²) in [7, 11) is -3.66. The molecule has 0 bridgehead atoms. The summed E-state index contributed by atoms with van der Waals surface area (Å²) in [4.78, 5) is 12.7. The summed E-state index contributed by atoms with van der Waals surface area (Å²) < 4.78 is 27.7. The lowest BCUT2D eigenvalue weighted by molar-refractivity contribution is 0.102. The van der Waals surface area contributed by atoms with E-state index in [2.05, 4.69) is 15.5 Å². The number of halogens is 1. The van der Waals surface area contributed by atoms with E-state index in [-0.39, 0.29) is 9.90 Å². The normalized spacial score (nSPS) is 17.2. The molecule has 3 aromatic rings. The molecule has 0 spiro atoms. The van der Waals surface area contributed by atoms with Crippen LogP contribution in [-0.2, 0) is 10.0 Å². The Bertz CT molecular complexity index is 1160. The van der Waals surface area contributed by atoms with E-state index in [1.807, 2.05) is 6.92 Å². The quantitative estimate of drug-likeness (QED) is 0.611. The first-order valence-electron chi connectivity index (χ1n) is 9.33. The van der Waals surface area contributed by atoms with Gasteiger partial charge in [0.25, 0.3) is 5.91 Å². The number of nitrogens with one attached hydrogen (secondary N) is 1. The molecule has 1 aliphatic heterocycles. The predicted octanol–water partition coefficient (Wildman–Crippen LogP) is 4.28. The number of carbonyl (C=O) groups excluding carboxylic acids is 1. The van der Waals surface area contributed by atoms with Gasteiger partial charge in [0.1, 0.15) is 5.01 Å². The van der Waals surface area contributed by atoms with Crippen LogP contribution in [0.25, 0.3) is 0 Å². The van der Waals surface area contributed by atoms with Gasteiger partial charge >= 0.3 is 0 Å². The van der Waals surface area contributed by atoms with Gasteiger partial charge in [-0.1, -0.05) is 40.6 Å². The van der Waals surface area contributed by atoms with Gasteiger partial charge in [-0.3, -0.25) is 4.79 Å². The molecule has 1 aliphatic rings. The topological polar surface area (TPSA) is 92.3 Å². The molecule has 2 heterocycles. The molecular weight excluding hydrogens is 444 g/mol. The Morgan fingerprint density at radius 2 is 1.83 bits per heavy atom. The zero-order chi connectivity index (χ0) is 21.3. The number of sulfonamides is 1. The largest absolute Gasteiger partial charge is 0.320 e. The van der Waals surface area contributed by atoms with Crippen molar-refractivity contribution in [3.05, 3.63) is 69.1 Å². The fraction of sp³-hybridized carbons (Fsp3) is 0.250. The monoisotopic (exact) mass is 462 g/mol. The van der Waals surface area contributed by atoms with Gasteiger partial charge in [-0.2, -0.15) is 4.31 Å². The van der Waals surface area contributed by atoms with E-state index in [0.717, 1.165) is 23.3 Å². The number of amides is 1. The third-order valence-electron chi connectivity index (χ3n) is 4.85. The first kappa shape index (κ1) is 20.9. The molecule has 156 valence electrons. The Labute approximate surface area is 183 Å². The smallest absolute Gasteiger partial charge is 0.286 e. The van der Waals surface area contributed by atoms with Gasteiger partial charge in [0, 0.05) is 17.3 Å². The molecule has 2 aromatic carbocycles. The van der Waals surface area contributed by atoms with Gasteiger partial charge in [-0.05, 0) is 56.2 Å².